The lowest BCUT2D eigenvalue weighted by molar-refractivity contribution is 0.0677. The fourth-order valence-corrected chi connectivity index (χ4v) is 1.79. The number of H-pyrrole nitrogens is 1. The molecule has 13 heavy (non-hydrogen) atoms. The fourth-order valence-electron chi connectivity index (χ4n) is 1.79. The van der Waals surface area contributed by atoms with Crippen LogP contribution in [0.2, 0.25) is 0 Å². The molecule has 2 heterocycles. The van der Waals surface area contributed by atoms with E-state index in [1.54, 1.807) is 6.33 Å². The van der Waals surface area contributed by atoms with Crippen LogP contribution >= 0.6 is 0 Å². The van der Waals surface area contributed by atoms with Crippen molar-refractivity contribution >= 4 is 0 Å². The maximum atomic E-state index is 9.73. The van der Waals surface area contributed by atoms with Crippen LogP contribution in [0.1, 0.15) is 19.0 Å². The highest BCUT2D eigenvalue weighted by molar-refractivity contribution is 4.96. The van der Waals surface area contributed by atoms with E-state index in [4.69, 9.17) is 0 Å². The molecule has 72 valence electrons. The molecule has 0 amide bonds. The van der Waals surface area contributed by atoms with Crippen molar-refractivity contribution in [2.24, 2.45) is 0 Å². The first-order valence-corrected chi connectivity index (χ1v) is 4.58. The number of β-amino-alcohol motifs (C(OH)–C–C–N with tert-alkyl or cyclic N) is 1. The molecule has 1 saturated heterocycles. The quantitative estimate of drug-likeness (QED) is 0.693. The van der Waals surface area contributed by atoms with Gasteiger partial charge in [-0.1, -0.05) is 0 Å². The molecule has 0 radical (unpaired) electrons. The fraction of sp³-hybridized carbons (Fsp3) is 0.667. The van der Waals surface area contributed by atoms with E-state index in [0.717, 1.165) is 31.7 Å². The number of likely N-dealkylation sites (tertiary alicyclic amines) is 1. The monoisotopic (exact) mass is 181 g/mol. The summed E-state index contributed by atoms with van der Waals surface area (Å²) >= 11 is 0. The summed E-state index contributed by atoms with van der Waals surface area (Å²) in [5.41, 5.74) is 0.609. The van der Waals surface area contributed by atoms with Gasteiger partial charge in [0.15, 0.2) is 0 Å². The summed E-state index contributed by atoms with van der Waals surface area (Å²) in [6.45, 7) is 4.47. The van der Waals surface area contributed by atoms with Crippen molar-refractivity contribution in [3.05, 3.63) is 18.2 Å². The zero-order valence-electron chi connectivity index (χ0n) is 7.82. The normalized spacial score (nSPS) is 29.7. The van der Waals surface area contributed by atoms with Crippen molar-refractivity contribution in [3.8, 4) is 0 Å². The first kappa shape index (κ1) is 8.72. The van der Waals surface area contributed by atoms with Crippen LogP contribution in [0.15, 0.2) is 12.5 Å². The summed E-state index contributed by atoms with van der Waals surface area (Å²) in [6.07, 6.45) is 4.37. The van der Waals surface area contributed by atoms with Crippen molar-refractivity contribution in [3.63, 3.8) is 0 Å². The van der Waals surface area contributed by atoms with Gasteiger partial charge in [0.2, 0.25) is 0 Å². The average molecular weight is 181 g/mol. The number of aliphatic hydroxyl groups is 1. The molecule has 2 rings (SSSR count). The van der Waals surface area contributed by atoms with Crippen LogP contribution in [0.3, 0.4) is 0 Å². The van der Waals surface area contributed by atoms with E-state index in [1.165, 1.54) is 0 Å². The second kappa shape index (κ2) is 3.12. The summed E-state index contributed by atoms with van der Waals surface area (Å²) in [4.78, 5) is 9.24. The largest absolute Gasteiger partial charge is 0.389 e. The Morgan fingerprint density at radius 3 is 3.15 bits per heavy atom. The van der Waals surface area contributed by atoms with Crippen molar-refractivity contribution in [1.29, 1.82) is 0 Å². The average Bonchev–Trinajstić information content (AvgIpc) is 2.61. The lowest BCUT2D eigenvalue weighted by atomic mass is 10.1. The molecule has 1 atom stereocenters. The van der Waals surface area contributed by atoms with Crippen molar-refractivity contribution < 1.29 is 5.11 Å². The first-order valence-electron chi connectivity index (χ1n) is 4.58. The van der Waals surface area contributed by atoms with Crippen LogP contribution in [0.4, 0.5) is 0 Å². The van der Waals surface area contributed by atoms with Gasteiger partial charge in [-0.2, -0.15) is 0 Å². The smallest absolute Gasteiger partial charge is 0.0922 e. The van der Waals surface area contributed by atoms with Gasteiger partial charge in [-0.15, -0.1) is 0 Å². The Morgan fingerprint density at radius 1 is 1.77 bits per heavy atom. The summed E-state index contributed by atoms with van der Waals surface area (Å²) in [7, 11) is 0. The van der Waals surface area contributed by atoms with E-state index in [2.05, 4.69) is 14.9 Å². The molecule has 1 aliphatic heterocycles. The lowest BCUT2D eigenvalue weighted by Crippen LogP contribution is -2.29. The third kappa shape index (κ3) is 2.08. The summed E-state index contributed by atoms with van der Waals surface area (Å²) in [5, 5.41) is 9.73. The molecular formula is C9H15N3O. The highest BCUT2D eigenvalue weighted by Crippen LogP contribution is 2.21. The van der Waals surface area contributed by atoms with E-state index in [9.17, 15) is 5.11 Å². The number of aromatic amines is 1. The second-order valence-corrected chi connectivity index (χ2v) is 4.03. The number of nitrogens with one attached hydrogen (secondary N) is 1. The molecule has 4 nitrogen and oxygen atoms in total. The summed E-state index contributed by atoms with van der Waals surface area (Å²) in [6, 6.07) is 0. The number of nitrogens with zero attached hydrogens (tertiary/aromatic N) is 2. The topological polar surface area (TPSA) is 52.1 Å². The Morgan fingerprint density at radius 2 is 2.62 bits per heavy atom. The van der Waals surface area contributed by atoms with E-state index >= 15 is 0 Å². The predicted octanol–water partition coefficient (Wildman–Crippen LogP) is 0.366. The van der Waals surface area contributed by atoms with Crippen molar-refractivity contribution in [1.82, 2.24) is 14.9 Å². The van der Waals surface area contributed by atoms with Crippen LogP contribution in [0, 0.1) is 0 Å². The van der Waals surface area contributed by atoms with Gasteiger partial charge in [0, 0.05) is 31.5 Å². The molecule has 1 fully saturated rings. The third-order valence-electron chi connectivity index (χ3n) is 2.48. The zero-order chi connectivity index (χ0) is 9.31. The van der Waals surface area contributed by atoms with Gasteiger partial charge < -0.3 is 10.1 Å². The molecule has 0 saturated carbocycles. The highest BCUT2D eigenvalue weighted by atomic mass is 16.3. The Kier molecular flexibility index (Phi) is 2.09. The van der Waals surface area contributed by atoms with Gasteiger partial charge in [0.05, 0.1) is 11.9 Å². The standard InChI is InChI=1S/C9H15N3O/c1-9(13)2-3-12(6-9)5-8-4-10-7-11-8/h4,7,13H,2-3,5-6H2,1H3,(H,10,11). The maximum Gasteiger partial charge on any atom is 0.0922 e. The van der Waals surface area contributed by atoms with Gasteiger partial charge in [0.1, 0.15) is 0 Å². The molecule has 0 aromatic carbocycles. The number of imidazole rings is 1. The first-order chi connectivity index (χ1) is 6.16. The number of rotatable bonds is 2. The molecule has 4 heteroatoms. The highest BCUT2D eigenvalue weighted by Gasteiger charge is 2.31. The minimum atomic E-state index is -0.500. The molecule has 1 aromatic rings. The molecule has 0 bridgehead atoms. The lowest BCUT2D eigenvalue weighted by Gasteiger charge is -2.17. The molecule has 1 unspecified atom stereocenters. The SMILES string of the molecule is CC1(O)CCN(Cc2cnc[nH]2)C1. The van der Waals surface area contributed by atoms with E-state index < -0.39 is 5.60 Å². The summed E-state index contributed by atoms with van der Waals surface area (Å²) in [5.74, 6) is 0. The van der Waals surface area contributed by atoms with Gasteiger partial charge in [0.25, 0.3) is 0 Å². The summed E-state index contributed by atoms with van der Waals surface area (Å²) < 4.78 is 0. The zero-order valence-corrected chi connectivity index (χ0v) is 7.82. The van der Waals surface area contributed by atoms with Gasteiger partial charge in [-0.25, -0.2) is 4.98 Å². The van der Waals surface area contributed by atoms with Gasteiger partial charge in [-0.05, 0) is 13.3 Å². The number of hydrogen-bond donors (Lipinski definition) is 2. The van der Waals surface area contributed by atoms with Crippen LogP contribution in [-0.4, -0.2) is 38.7 Å². The van der Waals surface area contributed by atoms with Crippen molar-refractivity contribution in [2.45, 2.75) is 25.5 Å². The van der Waals surface area contributed by atoms with E-state index in [0.29, 0.717) is 0 Å². The second-order valence-electron chi connectivity index (χ2n) is 4.03. The predicted molar refractivity (Wildman–Crippen MR) is 49.1 cm³/mol. The number of aromatic nitrogens is 2. The Labute approximate surface area is 77.6 Å². The molecule has 1 aromatic heterocycles. The van der Waals surface area contributed by atoms with Crippen LogP contribution in [0.5, 0.6) is 0 Å². The van der Waals surface area contributed by atoms with Crippen LogP contribution in [0.25, 0.3) is 0 Å². The van der Waals surface area contributed by atoms with Gasteiger partial charge in [-0.3, -0.25) is 4.90 Å². The molecule has 0 spiro atoms. The molecule has 1 aliphatic rings. The van der Waals surface area contributed by atoms with Crippen molar-refractivity contribution in [2.75, 3.05) is 13.1 Å². The Bertz CT molecular complexity index is 268. The minimum Gasteiger partial charge on any atom is -0.389 e. The Balaban J connectivity index is 1.91. The van der Waals surface area contributed by atoms with E-state index in [-0.39, 0.29) is 0 Å². The maximum absolute atomic E-state index is 9.73. The number of hydrogen-bond acceptors (Lipinski definition) is 3. The Hall–Kier alpha value is -0.870. The molecule has 2 N–H and O–H groups in total. The van der Waals surface area contributed by atoms with E-state index in [1.807, 2.05) is 13.1 Å². The third-order valence-corrected chi connectivity index (χ3v) is 2.48. The van der Waals surface area contributed by atoms with Crippen LogP contribution in [-0.2, 0) is 6.54 Å². The van der Waals surface area contributed by atoms with Gasteiger partial charge >= 0.3 is 0 Å². The van der Waals surface area contributed by atoms with Crippen LogP contribution < -0.4 is 0 Å². The molecule has 0 aliphatic carbocycles. The molecular weight excluding hydrogens is 166 g/mol. The minimum absolute atomic E-state index is 0.500.